The second-order valence-corrected chi connectivity index (χ2v) is 14.6. The van der Waals surface area contributed by atoms with E-state index in [0.29, 0.717) is 52.4 Å². The number of rotatable bonds is 5. The van der Waals surface area contributed by atoms with Crippen molar-refractivity contribution in [1.82, 2.24) is 29.2 Å². The lowest BCUT2D eigenvalue weighted by molar-refractivity contribution is 0.0590. The van der Waals surface area contributed by atoms with Crippen LogP contribution in [-0.4, -0.2) is 68.1 Å². The van der Waals surface area contributed by atoms with Crippen molar-refractivity contribution < 1.29 is 14.0 Å². The summed E-state index contributed by atoms with van der Waals surface area (Å²) in [5, 5.41) is 15.4. The summed E-state index contributed by atoms with van der Waals surface area (Å²) in [5.41, 5.74) is 10.3. The summed E-state index contributed by atoms with van der Waals surface area (Å²) in [5.74, 6) is 1.23. The zero-order chi connectivity index (χ0) is 31.7. The van der Waals surface area contributed by atoms with Gasteiger partial charge in [-0.25, -0.2) is 9.78 Å². The van der Waals surface area contributed by atoms with Crippen LogP contribution in [-0.2, 0) is 30.0 Å². The molecule has 0 saturated carbocycles. The molecule has 0 bridgehead atoms. The molecule has 46 heavy (non-hydrogen) atoms. The number of imidazole rings is 1. The van der Waals surface area contributed by atoms with Gasteiger partial charge in [0.05, 0.1) is 23.9 Å². The summed E-state index contributed by atoms with van der Waals surface area (Å²) in [4.78, 5) is 27.4. The van der Waals surface area contributed by atoms with Gasteiger partial charge >= 0.3 is 5.69 Å². The second kappa shape index (κ2) is 11.2. The predicted octanol–water partition coefficient (Wildman–Crippen LogP) is 4.47. The van der Waals surface area contributed by atoms with Gasteiger partial charge in [0.1, 0.15) is 17.2 Å². The number of fused-ring (bicyclic) bond motifs is 5. The number of nitrogens with zero attached hydrogens (tertiary/aromatic N) is 7. The first kappa shape index (κ1) is 29.7. The summed E-state index contributed by atoms with van der Waals surface area (Å²) in [6.45, 7) is 4.24. The van der Waals surface area contributed by atoms with E-state index >= 15 is 0 Å². The fraction of sp³-hybridized carbons (Fsp3) is 0.606. The van der Waals surface area contributed by atoms with Crippen LogP contribution in [0.1, 0.15) is 91.6 Å². The molecule has 4 aromatic heterocycles. The van der Waals surface area contributed by atoms with Gasteiger partial charge in [-0.15, -0.1) is 11.3 Å². The minimum Gasteiger partial charge on any atom is -0.471 e. The molecule has 4 aromatic rings. The smallest absolute Gasteiger partial charge is 0.330 e. The maximum atomic E-state index is 13.8. The van der Waals surface area contributed by atoms with Gasteiger partial charge in [-0.05, 0) is 90.3 Å². The van der Waals surface area contributed by atoms with Crippen LogP contribution in [0, 0.1) is 11.3 Å². The van der Waals surface area contributed by atoms with E-state index in [1.807, 2.05) is 0 Å². The molecule has 4 atom stereocenters. The Labute approximate surface area is 271 Å². The standard InChI is InChI=1S/C33H40N8O4S/c1-18(22-10-6-14-39(22)2)44-31-25-30(41(32(42)40(25)3)19-8-7-15-43-17-19)36-29(37-31)26-20-9-4-12-33(27(20)38-45-26)13-5-11-23-24(33)21(16-34)28(35)46-23/h18-19,22H,4-15,17,35H2,1-3H3/t18-,19-,22-,33-/m0/s1. The van der Waals surface area contributed by atoms with Crippen molar-refractivity contribution in [1.29, 1.82) is 5.26 Å². The number of aryl methyl sites for hydroxylation is 2. The molecule has 6 heterocycles. The number of hydrogen-bond acceptors (Lipinski definition) is 11. The van der Waals surface area contributed by atoms with Gasteiger partial charge in [0.25, 0.3) is 0 Å². The van der Waals surface area contributed by atoms with Gasteiger partial charge in [-0.2, -0.15) is 10.2 Å². The van der Waals surface area contributed by atoms with Crippen LogP contribution >= 0.6 is 11.3 Å². The number of likely N-dealkylation sites (tertiary alicyclic amines) is 1. The van der Waals surface area contributed by atoms with Gasteiger partial charge in [0.2, 0.25) is 17.5 Å². The molecule has 0 amide bonds. The molecule has 0 aromatic carbocycles. The SMILES string of the molecule is C[C@H](Oc1nc(-c2onc3c2CCC[C@@]32CCCc3sc(N)c(C#N)c32)nc2c1n(C)c(=O)n2[C@H]1CCCOC1)[C@@H]1CCCN1C. The second-order valence-electron chi connectivity index (χ2n) is 13.5. The highest BCUT2D eigenvalue weighted by Crippen LogP contribution is 2.54. The summed E-state index contributed by atoms with van der Waals surface area (Å²) in [6, 6.07) is 2.50. The van der Waals surface area contributed by atoms with Crippen molar-refractivity contribution in [3.8, 4) is 23.5 Å². The van der Waals surface area contributed by atoms with Crippen LogP contribution in [0.3, 0.4) is 0 Å². The average molecular weight is 645 g/mol. The van der Waals surface area contributed by atoms with Crippen molar-refractivity contribution in [2.45, 2.75) is 94.7 Å². The van der Waals surface area contributed by atoms with E-state index in [4.69, 9.17) is 34.9 Å². The Balaban J connectivity index is 1.30. The maximum absolute atomic E-state index is 13.8. The van der Waals surface area contributed by atoms with Crippen molar-refractivity contribution in [2.75, 3.05) is 32.5 Å². The minimum absolute atomic E-state index is 0.139. The van der Waals surface area contributed by atoms with Crippen LogP contribution in [0.2, 0.25) is 0 Å². The van der Waals surface area contributed by atoms with Crippen LogP contribution < -0.4 is 16.2 Å². The molecular weight excluding hydrogens is 604 g/mol. The van der Waals surface area contributed by atoms with E-state index in [-0.39, 0.29) is 23.9 Å². The highest BCUT2D eigenvalue weighted by Gasteiger charge is 2.48. The number of ether oxygens (including phenoxy) is 2. The van der Waals surface area contributed by atoms with Crippen molar-refractivity contribution in [3.63, 3.8) is 0 Å². The highest BCUT2D eigenvalue weighted by atomic mass is 32.1. The lowest BCUT2D eigenvalue weighted by Gasteiger charge is -2.39. The maximum Gasteiger partial charge on any atom is 0.330 e. The Kier molecular flexibility index (Phi) is 7.23. The molecule has 13 heteroatoms. The third-order valence-corrected chi connectivity index (χ3v) is 12.0. The fourth-order valence-electron chi connectivity index (χ4n) is 8.69. The molecule has 2 saturated heterocycles. The van der Waals surface area contributed by atoms with Crippen LogP contribution in [0.15, 0.2) is 9.32 Å². The molecule has 0 unspecified atom stereocenters. The first-order valence-corrected chi connectivity index (χ1v) is 17.4. The Morgan fingerprint density at radius 3 is 2.72 bits per heavy atom. The molecule has 2 aliphatic carbocycles. The lowest BCUT2D eigenvalue weighted by atomic mass is 9.62. The van der Waals surface area contributed by atoms with Gasteiger partial charge in [-0.1, -0.05) is 5.16 Å². The zero-order valence-corrected chi connectivity index (χ0v) is 27.5. The van der Waals surface area contributed by atoms with Crippen LogP contribution in [0.5, 0.6) is 5.88 Å². The van der Waals surface area contributed by atoms with Gasteiger partial charge < -0.3 is 19.7 Å². The topological polar surface area (TPSA) is 150 Å². The molecule has 2 N–H and O–H groups in total. The molecule has 2 fully saturated rings. The largest absolute Gasteiger partial charge is 0.471 e. The normalized spacial score (nSPS) is 25.4. The van der Waals surface area contributed by atoms with Gasteiger partial charge in [0, 0.05) is 35.6 Å². The number of hydrogen-bond donors (Lipinski definition) is 1. The van der Waals surface area contributed by atoms with Gasteiger partial charge in [0.15, 0.2) is 11.2 Å². The van der Waals surface area contributed by atoms with Crippen molar-refractivity contribution in [3.05, 3.63) is 37.7 Å². The van der Waals surface area contributed by atoms with Crippen molar-refractivity contribution in [2.24, 2.45) is 7.05 Å². The third-order valence-electron chi connectivity index (χ3n) is 10.9. The van der Waals surface area contributed by atoms with E-state index in [2.05, 4.69) is 24.9 Å². The monoisotopic (exact) mass is 644 g/mol. The number of nitrogens with two attached hydrogens (primary N) is 1. The molecule has 2 aliphatic heterocycles. The molecule has 4 aliphatic rings. The van der Waals surface area contributed by atoms with E-state index in [1.165, 1.54) is 16.2 Å². The Morgan fingerprint density at radius 1 is 1.15 bits per heavy atom. The fourth-order valence-corrected chi connectivity index (χ4v) is 9.85. The third kappa shape index (κ3) is 4.37. The molecule has 1 spiro atoms. The summed E-state index contributed by atoms with van der Waals surface area (Å²) >= 11 is 1.53. The number of aromatic nitrogens is 5. The Hall–Kier alpha value is -3.73. The van der Waals surface area contributed by atoms with E-state index in [0.717, 1.165) is 87.6 Å². The molecular formula is C33H40N8O4S. The number of nitriles is 1. The zero-order valence-electron chi connectivity index (χ0n) is 26.7. The van der Waals surface area contributed by atoms with Crippen LogP contribution in [0.4, 0.5) is 5.00 Å². The number of anilines is 1. The number of nitrogen functional groups attached to an aromatic ring is 1. The average Bonchev–Trinajstić information content (AvgIpc) is 3.82. The molecule has 12 nitrogen and oxygen atoms in total. The summed E-state index contributed by atoms with van der Waals surface area (Å²) < 4.78 is 22.1. The molecule has 8 rings (SSSR count). The number of likely N-dealkylation sites (N-methyl/N-ethyl adjacent to an activating group) is 1. The van der Waals surface area contributed by atoms with Gasteiger partial charge in [-0.3, -0.25) is 14.0 Å². The molecule has 0 radical (unpaired) electrons. The lowest BCUT2D eigenvalue weighted by Crippen LogP contribution is -2.38. The van der Waals surface area contributed by atoms with Crippen molar-refractivity contribution >= 4 is 27.5 Å². The van der Waals surface area contributed by atoms with E-state index in [1.54, 1.807) is 16.2 Å². The minimum atomic E-state index is -0.429. The Bertz CT molecular complexity index is 1920. The van der Waals surface area contributed by atoms with Crippen LogP contribution in [0.25, 0.3) is 22.7 Å². The van der Waals surface area contributed by atoms with E-state index in [9.17, 15) is 10.1 Å². The molecule has 242 valence electrons. The number of thiophene rings is 1. The predicted molar refractivity (Wildman–Crippen MR) is 173 cm³/mol. The first-order valence-electron chi connectivity index (χ1n) is 16.6. The Morgan fingerprint density at radius 2 is 1.98 bits per heavy atom. The van der Waals surface area contributed by atoms with E-state index < -0.39 is 5.41 Å². The summed E-state index contributed by atoms with van der Waals surface area (Å²) in [7, 11) is 3.88. The summed E-state index contributed by atoms with van der Waals surface area (Å²) in [6.07, 6.45) is 9.03. The highest BCUT2D eigenvalue weighted by molar-refractivity contribution is 7.16. The first-order chi connectivity index (χ1) is 22.3. The quantitative estimate of drug-likeness (QED) is 0.330.